The minimum atomic E-state index is -0.741. The molecule has 0 amide bonds. The van der Waals surface area contributed by atoms with Crippen molar-refractivity contribution in [2.24, 2.45) is 5.92 Å². The molecule has 86 valence electrons. The number of aryl methyl sites for hydroxylation is 1. The highest BCUT2D eigenvalue weighted by molar-refractivity contribution is 5.70. The number of carboxylic acids is 1. The van der Waals surface area contributed by atoms with Crippen molar-refractivity contribution in [3.05, 3.63) is 28.8 Å². The molecule has 1 heterocycles. The zero-order chi connectivity index (χ0) is 11.7. The Labute approximate surface area is 95.0 Å². The van der Waals surface area contributed by atoms with E-state index < -0.39 is 5.97 Å². The Kier molecular flexibility index (Phi) is 2.86. The van der Waals surface area contributed by atoms with Gasteiger partial charge in [0.25, 0.3) is 0 Å². The third kappa shape index (κ3) is 2.03. The molecule has 0 aromatic heterocycles. The van der Waals surface area contributed by atoms with Crippen LogP contribution < -0.4 is 4.74 Å². The molecule has 2 rings (SSSR count). The zero-order valence-electron chi connectivity index (χ0n) is 9.62. The quantitative estimate of drug-likeness (QED) is 0.849. The molecule has 1 aromatic carbocycles. The predicted octanol–water partition coefficient (Wildman–Crippen LogP) is 2.19. The maximum Gasteiger partial charge on any atom is 0.306 e. The van der Waals surface area contributed by atoms with Crippen molar-refractivity contribution in [3.8, 4) is 5.75 Å². The number of hydrogen-bond acceptors (Lipinski definition) is 2. The molecule has 1 unspecified atom stereocenters. The molecule has 1 aromatic rings. The van der Waals surface area contributed by atoms with Crippen molar-refractivity contribution < 1.29 is 14.6 Å². The molecular weight excluding hydrogens is 204 g/mol. The van der Waals surface area contributed by atoms with Crippen molar-refractivity contribution in [1.29, 1.82) is 0 Å². The summed E-state index contributed by atoms with van der Waals surface area (Å²) in [5, 5.41) is 8.88. The van der Waals surface area contributed by atoms with Crippen molar-refractivity contribution in [2.45, 2.75) is 26.7 Å². The van der Waals surface area contributed by atoms with Crippen molar-refractivity contribution in [1.82, 2.24) is 0 Å². The predicted molar refractivity (Wildman–Crippen MR) is 60.9 cm³/mol. The fourth-order valence-electron chi connectivity index (χ4n) is 2.14. The van der Waals surface area contributed by atoms with E-state index in [9.17, 15) is 4.79 Å². The van der Waals surface area contributed by atoms with Crippen LogP contribution in [0.1, 0.15) is 23.6 Å². The third-order valence-corrected chi connectivity index (χ3v) is 2.99. The molecule has 0 fully saturated rings. The smallest absolute Gasteiger partial charge is 0.306 e. The average molecular weight is 220 g/mol. The van der Waals surface area contributed by atoms with Crippen LogP contribution in [0.4, 0.5) is 0 Å². The zero-order valence-corrected chi connectivity index (χ0v) is 9.62. The Balaban J connectivity index is 2.23. The number of carbonyl (C=O) groups is 1. The summed E-state index contributed by atoms with van der Waals surface area (Å²) in [6, 6.07) is 4.11. The normalized spacial score (nSPS) is 15.4. The van der Waals surface area contributed by atoms with E-state index in [1.807, 2.05) is 13.0 Å². The van der Waals surface area contributed by atoms with Crippen molar-refractivity contribution in [2.75, 3.05) is 6.61 Å². The molecule has 1 aliphatic rings. The van der Waals surface area contributed by atoms with E-state index >= 15 is 0 Å². The van der Waals surface area contributed by atoms with Crippen molar-refractivity contribution in [3.63, 3.8) is 0 Å². The van der Waals surface area contributed by atoms with Crippen LogP contribution in [0.25, 0.3) is 0 Å². The highest BCUT2D eigenvalue weighted by atomic mass is 16.5. The summed E-state index contributed by atoms with van der Waals surface area (Å²) in [6.45, 7) is 4.49. The standard InChI is InChI=1S/C13H16O3/c1-8-5-10(6-9(2)13(14)15)7-11-3-4-16-12(8)11/h5,7,9H,3-4,6H2,1-2H3,(H,14,15). The lowest BCUT2D eigenvalue weighted by Crippen LogP contribution is -2.12. The van der Waals surface area contributed by atoms with Crippen LogP contribution >= 0.6 is 0 Å². The van der Waals surface area contributed by atoms with Crippen LogP contribution in [0.5, 0.6) is 5.75 Å². The van der Waals surface area contributed by atoms with Crippen LogP contribution in [0.3, 0.4) is 0 Å². The molecule has 1 N–H and O–H groups in total. The number of hydrogen-bond donors (Lipinski definition) is 1. The summed E-state index contributed by atoms with van der Waals surface area (Å²) >= 11 is 0. The van der Waals surface area contributed by atoms with Gasteiger partial charge in [-0.05, 0) is 30.0 Å². The van der Waals surface area contributed by atoms with Crippen LogP contribution in [0.15, 0.2) is 12.1 Å². The number of aliphatic carboxylic acids is 1. The second kappa shape index (κ2) is 4.16. The molecule has 1 aliphatic heterocycles. The Bertz CT molecular complexity index is 423. The summed E-state index contributed by atoms with van der Waals surface area (Å²) in [5.41, 5.74) is 3.42. The molecule has 3 nitrogen and oxygen atoms in total. The van der Waals surface area contributed by atoms with E-state index in [2.05, 4.69) is 6.07 Å². The van der Waals surface area contributed by atoms with E-state index in [4.69, 9.17) is 9.84 Å². The molecular formula is C13H16O3. The van der Waals surface area contributed by atoms with Gasteiger partial charge in [-0.15, -0.1) is 0 Å². The van der Waals surface area contributed by atoms with E-state index in [1.165, 1.54) is 5.56 Å². The first-order valence-corrected chi connectivity index (χ1v) is 5.56. The van der Waals surface area contributed by atoms with Crippen molar-refractivity contribution >= 4 is 5.97 Å². The van der Waals surface area contributed by atoms with Crippen LogP contribution in [0, 0.1) is 12.8 Å². The number of rotatable bonds is 3. The number of ether oxygens (including phenoxy) is 1. The second-order valence-corrected chi connectivity index (χ2v) is 4.44. The van der Waals surface area contributed by atoms with Gasteiger partial charge >= 0.3 is 5.97 Å². The summed E-state index contributed by atoms with van der Waals surface area (Å²) < 4.78 is 5.52. The lowest BCUT2D eigenvalue weighted by Gasteiger charge is -2.10. The number of benzene rings is 1. The minimum Gasteiger partial charge on any atom is -0.493 e. The minimum absolute atomic E-state index is 0.334. The van der Waals surface area contributed by atoms with E-state index in [0.29, 0.717) is 6.42 Å². The molecule has 3 heteroatoms. The maximum absolute atomic E-state index is 10.8. The Morgan fingerprint density at radius 2 is 2.31 bits per heavy atom. The van der Waals surface area contributed by atoms with Gasteiger partial charge in [-0.2, -0.15) is 0 Å². The lowest BCUT2D eigenvalue weighted by atomic mass is 9.97. The first-order chi connectivity index (χ1) is 7.58. The molecule has 0 aliphatic carbocycles. The van der Waals surface area contributed by atoms with Crippen LogP contribution in [0.2, 0.25) is 0 Å². The SMILES string of the molecule is Cc1cc(CC(C)C(=O)O)cc2c1OCC2. The second-order valence-electron chi connectivity index (χ2n) is 4.44. The fraction of sp³-hybridized carbons (Fsp3) is 0.462. The van der Waals surface area contributed by atoms with Crippen LogP contribution in [-0.4, -0.2) is 17.7 Å². The molecule has 0 bridgehead atoms. The number of fused-ring (bicyclic) bond motifs is 1. The number of carboxylic acid groups (broad SMARTS) is 1. The summed E-state index contributed by atoms with van der Waals surface area (Å²) in [7, 11) is 0. The lowest BCUT2D eigenvalue weighted by molar-refractivity contribution is -0.141. The Hall–Kier alpha value is -1.51. The van der Waals surface area contributed by atoms with E-state index in [-0.39, 0.29) is 5.92 Å². The van der Waals surface area contributed by atoms with Crippen LogP contribution in [-0.2, 0) is 17.6 Å². The molecule has 0 spiro atoms. The van der Waals surface area contributed by atoms with Gasteiger partial charge in [-0.1, -0.05) is 19.1 Å². The van der Waals surface area contributed by atoms with Gasteiger partial charge in [0.2, 0.25) is 0 Å². The van der Waals surface area contributed by atoms with E-state index in [0.717, 1.165) is 29.9 Å². The summed E-state index contributed by atoms with van der Waals surface area (Å²) in [4.78, 5) is 10.8. The van der Waals surface area contributed by atoms with Gasteiger partial charge in [-0.3, -0.25) is 4.79 Å². The molecule has 0 saturated heterocycles. The average Bonchev–Trinajstić information content (AvgIpc) is 2.65. The van der Waals surface area contributed by atoms with E-state index in [1.54, 1.807) is 6.92 Å². The molecule has 1 atom stereocenters. The topological polar surface area (TPSA) is 46.5 Å². The highest BCUT2D eigenvalue weighted by Crippen LogP contribution is 2.31. The van der Waals surface area contributed by atoms with Gasteiger partial charge in [0.05, 0.1) is 12.5 Å². The van der Waals surface area contributed by atoms with Gasteiger partial charge in [0.1, 0.15) is 5.75 Å². The molecule has 0 saturated carbocycles. The maximum atomic E-state index is 10.8. The highest BCUT2D eigenvalue weighted by Gasteiger charge is 2.18. The van der Waals surface area contributed by atoms with Gasteiger partial charge < -0.3 is 9.84 Å². The van der Waals surface area contributed by atoms with Gasteiger partial charge in [0.15, 0.2) is 0 Å². The summed E-state index contributed by atoms with van der Waals surface area (Å²) in [5.74, 6) is -0.0825. The monoisotopic (exact) mass is 220 g/mol. The largest absolute Gasteiger partial charge is 0.493 e. The molecule has 16 heavy (non-hydrogen) atoms. The first kappa shape index (κ1) is 11.0. The summed E-state index contributed by atoms with van der Waals surface area (Å²) in [6.07, 6.45) is 1.52. The Morgan fingerprint density at radius 3 is 3.00 bits per heavy atom. The first-order valence-electron chi connectivity index (χ1n) is 5.56. The Morgan fingerprint density at radius 1 is 1.56 bits per heavy atom. The third-order valence-electron chi connectivity index (χ3n) is 2.99. The van der Waals surface area contributed by atoms with Gasteiger partial charge in [0, 0.05) is 6.42 Å². The van der Waals surface area contributed by atoms with Gasteiger partial charge in [-0.25, -0.2) is 0 Å². The fourth-order valence-corrected chi connectivity index (χ4v) is 2.14. The molecule has 0 radical (unpaired) electrons.